The smallest absolute Gasteiger partial charge is 0.161 e. The lowest BCUT2D eigenvalue weighted by molar-refractivity contribution is 0.335. The van der Waals surface area contributed by atoms with E-state index in [0.29, 0.717) is 17.9 Å². The van der Waals surface area contributed by atoms with E-state index in [1.54, 1.807) is 36.4 Å². The monoisotopic (exact) mass is 390 g/mol. The van der Waals surface area contributed by atoms with Crippen LogP contribution in [0.2, 0.25) is 0 Å². The van der Waals surface area contributed by atoms with Crippen LogP contribution in [0.5, 0.6) is 23.0 Å². The second kappa shape index (κ2) is 8.31. The molecule has 0 spiro atoms. The average Bonchev–Trinajstić information content (AvgIpc) is 2.67. The van der Waals surface area contributed by atoms with E-state index in [2.05, 4.69) is 0 Å². The van der Waals surface area contributed by atoms with Gasteiger partial charge in [-0.1, -0.05) is 23.8 Å². The number of aryl methyl sites for hydroxylation is 1. The average molecular weight is 390 g/mol. The molecule has 0 fully saturated rings. The fourth-order valence-corrected chi connectivity index (χ4v) is 3.37. The van der Waals surface area contributed by atoms with Gasteiger partial charge in [-0.25, -0.2) is 0 Å². The van der Waals surface area contributed by atoms with E-state index in [9.17, 15) is 15.3 Å². The molecule has 3 aromatic rings. The highest BCUT2D eigenvalue weighted by molar-refractivity contribution is 5.83. The van der Waals surface area contributed by atoms with Crippen molar-refractivity contribution in [1.29, 1.82) is 0 Å². The number of phenolic OH excluding ortho intramolecular Hbond substituents is 3. The van der Waals surface area contributed by atoms with E-state index in [-0.39, 0.29) is 17.2 Å². The van der Waals surface area contributed by atoms with Crippen molar-refractivity contribution >= 4 is 0 Å². The van der Waals surface area contributed by atoms with Crippen LogP contribution in [0.4, 0.5) is 0 Å². The zero-order valence-electron chi connectivity index (χ0n) is 17.2. The van der Waals surface area contributed by atoms with Crippen LogP contribution in [-0.2, 0) is 0 Å². The van der Waals surface area contributed by atoms with Crippen LogP contribution in [0, 0.1) is 13.8 Å². The first-order valence-corrected chi connectivity index (χ1v) is 9.50. The first-order chi connectivity index (χ1) is 13.8. The molecule has 0 aromatic heterocycles. The van der Waals surface area contributed by atoms with Crippen LogP contribution in [0.3, 0.4) is 0 Å². The molecule has 0 unspecified atom stereocenters. The van der Waals surface area contributed by atoms with Gasteiger partial charge in [0.1, 0.15) is 18.1 Å². The normalized spacial score (nSPS) is 10.6. The SMILES string of the molecule is CC(C)=CCOc1ccc(-c2c(C)cc(-c3ccc(O)cc3)c(O)c2C)cc1O. The summed E-state index contributed by atoms with van der Waals surface area (Å²) in [6.45, 7) is 8.22. The molecule has 0 heterocycles. The maximum Gasteiger partial charge on any atom is 0.161 e. The molecule has 0 atom stereocenters. The van der Waals surface area contributed by atoms with E-state index in [1.165, 1.54) is 0 Å². The first kappa shape index (κ1) is 20.3. The minimum absolute atomic E-state index is 0.0607. The molecule has 0 aliphatic rings. The summed E-state index contributed by atoms with van der Waals surface area (Å²) in [5.41, 5.74) is 6.05. The van der Waals surface area contributed by atoms with Gasteiger partial charge in [0, 0.05) is 5.56 Å². The second-order valence-electron chi connectivity index (χ2n) is 7.41. The molecule has 0 amide bonds. The van der Waals surface area contributed by atoms with E-state index < -0.39 is 0 Å². The fraction of sp³-hybridized carbons (Fsp3) is 0.200. The Morgan fingerprint density at radius 2 is 1.55 bits per heavy atom. The van der Waals surface area contributed by atoms with Gasteiger partial charge in [-0.3, -0.25) is 0 Å². The van der Waals surface area contributed by atoms with Gasteiger partial charge in [0.05, 0.1) is 0 Å². The van der Waals surface area contributed by atoms with Gasteiger partial charge >= 0.3 is 0 Å². The molecule has 0 aliphatic carbocycles. The Bertz CT molecular complexity index is 1060. The van der Waals surface area contributed by atoms with Crippen LogP contribution in [0.1, 0.15) is 25.0 Å². The van der Waals surface area contributed by atoms with Gasteiger partial charge in [-0.15, -0.1) is 0 Å². The van der Waals surface area contributed by atoms with Crippen molar-refractivity contribution < 1.29 is 20.1 Å². The topological polar surface area (TPSA) is 69.9 Å². The number of allylic oxidation sites excluding steroid dienone is 1. The highest BCUT2D eigenvalue weighted by Gasteiger charge is 2.16. The summed E-state index contributed by atoms with van der Waals surface area (Å²) in [5.74, 6) is 0.845. The predicted molar refractivity (Wildman–Crippen MR) is 117 cm³/mol. The van der Waals surface area contributed by atoms with Gasteiger partial charge in [0.2, 0.25) is 0 Å². The molecule has 4 heteroatoms. The van der Waals surface area contributed by atoms with Crippen molar-refractivity contribution in [3.63, 3.8) is 0 Å². The summed E-state index contributed by atoms with van der Waals surface area (Å²) in [6, 6.07) is 13.9. The molecule has 3 rings (SSSR count). The molecule has 3 N–H and O–H groups in total. The fourth-order valence-electron chi connectivity index (χ4n) is 3.37. The molecule has 0 bridgehead atoms. The number of phenols is 3. The van der Waals surface area contributed by atoms with Crippen LogP contribution < -0.4 is 4.74 Å². The van der Waals surface area contributed by atoms with Crippen molar-refractivity contribution in [2.24, 2.45) is 0 Å². The molecule has 29 heavy (non-hydrogen) atoms. The number of hydrogen-bond donors (Lipinski definition) is 3. The lowest BCUT2D eigenvalue weighted by atomic mass is 9.90. The standard InChI is InChI=1S/C25H26O4/c1-15(2)11-12-29-23-10-7-19(14-22(23)27)24-16(3)13-21(25(28)17(24)4)18-5-8-20(26)9-6-18/h5-11,13-14,26-28H,12H2,1-4H3. The lowest BCUT2D eigenvalue weighted by Gasteiger charge is -2.17. The van der Waals surface area contributed by atoms with Gasteiger partial charge in [0.25, 0.3) is 0 Å². The molecular weight excluding hydrogens is 364 g/mol. The zero-order chi connectivity index (χ0) is 21.1. The van der Waals surface area contributed by atoms with Gasteiger partial charge in [0.15, 0.2) is 11.5 Å². The van der Waals surface area contributed by atoms with Crippen LogP contribution in [-0.4, -0.2) is 21.9 Å². The zero-order valence-corrected chi connectivity index (χ0v) is 17.2. The molecule has 3 aromatic carbocycles. The minimum atomic E-state index is 0.0607. The van der Waals surface area contributed by atoms with Crippen LogP contribution in [0.25, 0.3) is 22.3 Å². The summed E-state index contributed by atoms with van der Waals surface area (Å²) < 4.78 is 5.61. The van der Waals surface area contributed by atoms with E-state index in [1.807, 2.05) is 45.9 Å². The summed E-state index contributed by atoms with van der Waals surface area (Å²) >= 11 is 0. The molecule has 0 saturated heterocycles. The highest BCUT2D eigenvalue weighted by Crippen LogP contribution is 2.42. The summed E-state index contributed by atoms with van der Waals surface area (Å²) in [4.78, 5) is 0. The van der Waals surface area contributed by atoms with Crippen molar-refractivity contribution in [2.45, 2.75) is 27.7 Å². The van der Waals surface area contributed by atoms with Crippen molar-refractivity contribution in [1.82, 2.24) is 0 Å². The molecule has 4 nitrogen and oxygen atoms in total. The van der Waals surface area contributed by atoms with Crippen LogP contribution in [0.15, 0.2) is 60.2 Å². The number of rotatable bonds is 5. The maximum absolute atomic E-state index is 10.8. The lowest BCUT2D eigenvalue weighted by Crippen LogP contribution is -1.96. The third-order valence-electron chi connectivity index (χ3n) is 4.90. The Kier molecular flexibility index (Phi) is 5.83. The third kappa shape index (κ3) is 4.37. The highest BCUT2D eigenvalue weighted by atomic mass is 16.5. The molecular formula is C25H26O4. The Morgan fingerprint density at radius 3 is 2.17 bits per heavy atom. The predicted octanol–water partition coefficient (Wildman–Crippen LogP) is 6.10. The van der Waals surface area contributed by atoms with Crippen LogP contribution >= 0.6 is 0 Å². The third-order valence-corrected chi connectivity index (χ3v) is 4.90. The maximum atomic E-state index is 10.8. The molecule has 0 radical (unpaired) electrons. The Morgan fingerprint density at radius 1 is 0.897 bits per heavy atom. The van der Waals surface area contributed by atoms with Gasteiger partial charge < -0.3 is 20.1 Å². The van der Waals surface area contributed by atoms with Gasteiger partial charge in [-0.05, 0) is 91.9 Å². The summed E-state index contributed by atoms with van der Waals surface area (Å²) in [6.07, 6.45) is 1.95. The van der Waals surface area contributed by atoms with Crippen molar-refractivity contribution in [3.8, 4) is 45.3 Å². The molecule has 0 saturated carbocycles. The molecule has 0 aliphatic heterocycles. The second-order valence-corrected chi connectivity index (χ2v) is 7.41. The summed E-state index contributed by atoms with van der Waals surface area (Å²) in [7, 11) is 0. The number of benzene rings is 3. The first-order valence-electron chi connectivity index (χ1n) is 9.50. The van der Waals surface area contributed by atoms with E-state index in [4.69, 9.17) is 4.74 Å². The number of aromatic hydroxyl groups is 3. The Balaban J connectivity index is 1.99. The minimum Gasteiger partial charge on any atom is -0.508 e. The van der Waals surface area contributed by atoms with Gasteiger partial charge in [-0.2, -0.15) is 0 Å². The van der Waals surface area contributed by atoms with Crippen molar-refractivity contribution in [2.75, 3.05) is 6.61 Å². The molecule has 150 valence electrons. The summed E-state index contributed by atoms with van der Waals surface area (Å²) in [5, 5.41) is 30.7. The van der Waals surface area contributed by atoms with E-state index in [0.717, 1.165) is 33.4 Å². The van der Waals surface area contributed by atoms with E-state index >= 15 is 0 Å². The number of ether oxygens (including phenoxy) is 1. The quantitative estimate of drug-likeness (QED) is 0.460. The largest absolute Gasteiger partial charge is 0.508 e. The number of hydrogen-bond acceptors (Lipinski definition) is 4. The Hall–Kier alpha value is -3.40. The van der Waals surface area contributed by atoms with Crippen molar-refractivity contribution in [3.05, 3.63) is 71.3 Å². The Labute approximate surface area is 171 Å².